The minimum absolute atomic E-state index is 0.0347. The summed E-state index contributed by atoms with van der Waals surface area (Å²) in [6.07, 6.45) is 4.37. The van der Waals surface area contributed by atoms with Gasteiger partial charge in [0, 0.05) is 47.7 Å². The lowest BCUT2D eigenvalue weighted by Gasteiger charge is -2.21. The first-order valence-electron chi connectivity index (χ1n) is 6.12. The quantitative estimate of drug-likeness (QED) is 0.917. The van der Waals surface area contributed by atoms with Crippen molar-refractivity contribution >= 4 is 29.4 Å². The fourth-order valence-corrected chi connectivity index (χ4v) is 4.59. The molecule has 0 aromatic carbocycles. The summed E-state index contributed by atoms with van der Waals surface area (Å²) in [4.78, 5) is 11.9. The number of aromatic nitrogens is 2. The number of rotatable bonds is 4. The van der Waals surface area contributed by atoms with E-state index in [2.05, 4.69) is 10.4 Å². The molecule has 1 N–H and O–H groups in total. The van der Waals surface area contributed by atoms with Crippen molar-refractivity contribution in [2.75, 3.05) is 17.3 Å². The summed E-state index contributed by atoms with van der Waals surface area (Å²) in [7, 11) is 1.88. The van der Waals surface area contributed by atoms with Crippen molar-refractivity contribution in [3.05, 3.63) is 18.0 Å². The monoisotopic (exact) mass is 285 g/mol. The molecule has 2 heterocycles. The van der Waals surface area contributed by atoms with Crippen LogP contribution in [0.1, 0.15) is 24.9 Å². The van der Waals surface area contributed by atoms with Gasteiger partial charge in [0.05, 0.1) is 12.2 Å². The van der Waals surface area contributed by atoms with Gasteiger partial charge in [-0.25, -0.2) is 0 Å². The maximum absolute atomic E-state index is 11.9. The minimum atomic E-state index is 0.0347. The summed E-state index contributed by atoms with van der Waals surface area (Å²) < 4.78 is 1.76. The fraction of sp³-hybridized carbons (Fsp3) is 0.667. The second-order valence-corrected chi connectivity index (χ2v) is 7.07. The highest BCUT2D eigenvalue weighted by molar-refractivity contribution is 8.06. The van der Waals surface area contributed by atoms with Crippen LogP contribution in [-0.4, -0.2) is 38.2 Å². The lowest BCUT2D eigenvalue weighted by Crippen LogP contribution is -2.30. The first-order chi connectivity index (χ1) is 8.65. The van der Waals surface area contributed by atoms with Crippen LogP contribution in [0.2, 0.25) is 0 Å². The van der Waals surface area contributed by atoms with Crippen molar-refractivity contribution in [1.29, 1.82) is 0 Å². The third kappa shape index (κ3) is 3.95. The summed E-state index contributed by atoms with van der Waals surface area (Å²) in [5.41, 5.74) is 1.05. The molecule has 2 atom stereocenters. The molecule has 1 amide bonds. The molecule has 2 rings (SSSR count). The molecule has 1 aliphatic rings. The predicted molar refractivity (Wildman–Crippen MR) is 78.0 cm³/mol. The number of nitrogens with zero attached hydrogens (tertiary/aromatic N) is 2. The van der Waals surface area contributed by atoms with Crippen LogP contribution in [0.15, 0.2) is 12.4 Å². The Morgan fingerprint density at radius 2 is 2.50 bits per heavy atom. The Bertz CT molecular complexity index is 402. The van der Waals surface area contributed by atoms with Crippen LogP contribution in [-0.2, 0) is 11.8 Å². The van der Waals surface area contributed by atoms with Gasteiger partial charge in [-0.3, -0.25) is 9.48 Å². The number of carbonyl (C=O) groups is 1. The third-order valence-electron chi connectivity index (χ3n) is 2.90. The molecule has 1 saturated heterocycles. The highest BCUT2D eigenvalue weighted by Gasteiger charge is 2.19. The Kier molecular flexibility index (Phi) is 5.00. The maximum atomic E-state index is 11.9. The molecule has 100 valence electrons. The summed E-state index contributed by atoms with van der Waals surface area (Å²) >= 11 is 3.87. The van der Waals surface area contributed by atoms with Crippen molar-refractivity contribution in [1.82, 2.24) is 15.1 Å². The molecular formula is C12H19N3OS2. The molecule has 0 aliphatic carbocycles. The van der Waals surface area contributed by atoms with Crippen molar-refractivity contribution in [2.45, 2.75) is 24.6 Å². The van der Waals surface area contributed by atoms with E-state index in [1.54, 1.807) is 10.9 Å². The molecule has 0 saturated carbocycles. The van der Waals surface area contributed by atoms with Gasteiger partial charge in [0.25, 0.3) is 0 Å². The number of amides is 1. The van der Waals surface area contributed by atoms with Crippen molar-refractivity contribution < 1.29 is 4.79 Å². The van der Waals surface area contributed by atoms with Crippen LogP contribution in [0.25, 0.3) is 0 Å². The van der Waals surface area contributed by atoms with Gasteiger partial charge < -0.3 is 5.32 Å². The van der Waals surface area contributed by atoms with E-state index in [0.29, 0.717) is 11.7 Å². The molecule has 1 aromatic rings. The van der Waals surface area contributed by atoms with Gasteiger partial charge in [-0.1, -0.05) is 0 Å². The number of carbonyl (C=O) groups excluding carboxylic acids is 1. The number of nitrogens with one attached hydrogen (secondary N) is 1. The molecule has 0 bridgehead atoms. The molecule has 4 nitrogen and oxygen atoms in total. The van der Waals surface area contributed by atoms with E-state index < -0.39 is 0 Å². The van der Waals surface area contributed by atoms with E-state index in [0.717, 1.165) is 11.3 Å². The number of hydrogen-bond donors (Lipinski definition) is 1. The van der Waals surface area contributed by atoms with Gasteiger partial charge in [0.15, 0.2) is 0 Å². The van der Waals surface area contributed by atoms with E-state index in [1.807, 2.05) is 43.7 Å². The molecular weight excluding hydrogens is 266 g/mol. The van der Waals surface area contributed by atoms with Crippen LogP contribution in [0.4, 0.5) is 0 Å². The molecule has 6 heteroatoms. The topological polar surface area (TPSA) is 46.9 Å². The standard InChI is InChI=1S/C12H19N3OS2/c1-9(10-6-13-15(2)7-10)14-12(16)5-11-8-17-3-4-18-11/h6-7,9,11H,3-5,8H2,1-2H3,(H,14,16)/t9-,11+/m0/s1. The average molecular weight is 285 g/mol. The second-order valence-electron chi connectivity index (χ2n) is 4.51. The zero-order valence-electron chi connectivity index (χ0n) is 10.8. The number of aryl methyl sites for hydroxylation is 1. The normalized spacial score (nSPS) is 21.6. The van der Waals surface area contributed by atoms with Crippen LogP contribution < -0.4 is 5.32 Å². The number of thioether (sulfide) groups is 2. The largest absolute Gasteiger partial charge is 0.349 e. The second kappa shape index (κ2) is 6.52. The van der Waals surface area contributed by atoms with E-state index in [9.17, 15) is 4.79 Å². The summed E-state index contributed by atoms with van der Waals surface area (Å²) in [6, 6.07) is 0.0347. The first kappa shape index (κ1) is 13.8. The zero-order valence-corrected chi connectivity index (χ0v) is 12.4. The van der Waals surface area contributed by atoms with E-state index in [-0.39, 0.29) is 11.9 Å². The van der Waals surface area contributed by atoms with E-state index in [1.165, 1.54) is 11.5 Å². The molecule has 1 fully saturated rings. The Hall–Kier alpha value is -0.620. The van der Waals surface area contributed by atoms with Gasteiger partial charge >= 0.3 is 0 Å². The number of hydrogen-bond acceptors (Lipinski definition) is 4. The van der Waals surface area contributed by atoms with Gasteiger partial charge in [0.2, 0.25) is 5.91 Å². The Morgan fingerprint density at radius 3 is 3.11 bits per heavy atom. The van der Waals surface area contributed by atoms with E-state index in [4.69, 9.17) is 0 Å². The van der Waals surface area contributed by atoms with Crippen molar-refractivity contribution in [3.8, 4) is 0 Å². The molecule has 1 aromatic heterocycles. The highest BCUT2D eigenvalue weighted by atomic mass is 32.2. The Labute approximate surface area is 116 Å². The van der Waals surface area contributed by atoms with Gasteiger partial charge in [-0.2, -0.15) is 28.6 Å². The maximum Gasteiger partial charge on any atom is 0.221 e. The van der Waals surface area contributed by atoms with Gasteiger partial charge in [-0.05, 0) is 6.92 Å². The van der Waals surface area contributed by atoms with Crippen LogP contribution in [0.5, 0.6) is 0 Å². The van der Waals surface area contributed by atoms with Crippen LogP contribution in [0.3, 0.4) is 0 Å². The highest BCUT2D eigenvalue weighted by Crippen LogP contribution is 2.26. The molecule has 18 heavy (non-hydrogen) atoms. The molecule has 1 aliphatic heterocycles. The summed E-state index contributed by atoms with van der Waals surface area (Å²) in [5.74, 6) is 3.63. The predicted octanol–water partition coefficient (Wildman–Crippen LogP) is 1.84. The summed E-state index contributed by atoms with van der Waals surface area (Å²) in [6.45, 7) is 2.00. The molecule has 0 spiro atoms. The first-order valence-corrected chi connectivity index (χ1v) is 8.33. The van der Waals surface area contributed by atoms with Crippen molar-refractivity contribution in [3.63, 3.8) is 0 Å². The zero-order chi connectivity index (χ0) is 13.0. The van der Waals surface area contributed by atoms with Gasteiger partial charge in [0.1, 0.15) is 0 Å². The molecule has 0 unspecified atom stereocenters. The van der Waals surface area contributed by atoms with Crippen molar-refractivity contribution in [2.24, 2.45) is 7.05 Å². The Balaban J connectivity index is 1.79. The van der Waals surface area contributed by atoms with Crippen LogP contribution in [0, 0.1) is 0 Å². The average Bonchev–Trinajstić information content (AvgIpc) is 2.77. The Morgan fingerprint density at radius 1 is 1.67 bits per heavy atom. The van der Waals surface area contributed by atoms with E-state index >= 15 is 0 Å². The minimum Gasteiger partial charge on any atom is -0.349 e. The SMILES string of the molecule is C[C@H](NC(=O)C[C@@H]1CSCCS1)c1cnn(C)c1. The lowest BCUT2D eigenvalue weighted by molar-refractivity contribution is -0.121. The van der Waals surface area contributed by atoms with Gasteiger partial charge in [-0.15, -0.1) is 0 Å². The smallest absolute Gasteiger partial charge is 0.221 e. The third-order valence-corrected chi connectivity index (χ3v) is 5.75. The fourth-order valence-electron chi connectivity index (χ4n) is 1.91. The molecule has 0 radical (unpaired) electrons. The summed E-state index contributed by atoms with van der Waals surface area (Å²) in [5, 5.41) is 7.64. The van der Waals surface area contributed by atoms with Crippen LogP contribution >= 0.6 is 23.5 Å². The lowest BCUT2D eigenvalue weighted by atomic mass is 10.2.